The zero-order valence-corrected chi connectivity index (χ0v) is 15.1. The second-order valence-corrected chi connectivity index (χ2v) is 5.65. The molecule has 0 fully saturated rings. The molecule has 3 rings (SSSR count). The standard InChI is InChI=1S/C9H5Cl3N4.C8H8O/c10-5-3-1-2-4-6(5)13-9-15-7(11)14-8(12)16-9;1-2-7-5-3-4-6-8(7)9/h1-4H,(H,13,14,15,16);2-6,9H,1H2. The van der Waals surface area contributed by atoms with E-state index in [0.29, 0.717) is 10.7 Å². The van der Waals surface area contributed by atoms with E-state index >= 15 is 0 Å². The van der Waals surface area contributed by atoms with E-state index < -0.39 is 0 Å². The fourth-order valence-electron chi connectivity index (χ4n) is 1.72. The molecule has 0 amide bonds. The molecule has 0 spiro atoms. The van der Waals surface area contributed by atoms with Crippen LogP contribution in [0.2, 0.25) is 15.6 Å². The van der Waals surface area contributed by atoms with Crippen molar-refractivity contribution in [3.05, 3.63) is 76.3 Å². The number of aromatic hydroxyl groups is 1. The minimum absolute atomic E-state index is 0.0227. The predicted octanol–water partition coefficient (Wildman–Crippen LogP) is 5.61. The third-order valence-electron chi connectivity index (χ3n) is 2.86. The van der Waals surface area contributed by atoms with E-state index in [0.717, 1.165) is 5.56 Å². The van der Waals surface area contributed by atoms with E-state index in [-0.39, 0.29) is 22.3 Å². The van der Waals surface area contributed by atoms with Crippen LogP contribution in [0.5, 0.6) is 5.75 Å². The summed E-state index contributed by atoms with van der Waals surface area (Å²) in [5.74, 6) is 0.533. The molecular formula is C17H13Cl3N4O. The van der Waals surface area contributed by atoms with Crippen LogP contribution in [0.15, 0.2) is 55.1 Å². The van der Waals surface area contributed by atoms with Gasteiger partial charge in [0.25, 0.3) is 0 Å². The molecule has 5 nitrogen and oxygen atoms in total. The summed E-state index contributed by atoms with van der Waals surface area (Å²) < 4.78 is 0. The first kappa shape index (κ1) is 19.0. The molecular weight excluding hydrogens is 383 g/mol. The number of anilines is 2. The van der Waals surface area contributed by atoms with E-state index in [4.69, 9.17) is 39.9 Å². The van der Waals surface area contributed by atoms with Gasteiger partial charge in [0.2, 0.25) is 16.5 Å². The highest BCUT2D eigenvalue weighted by Gasteiger charge is 2.05. The summed E-state index contributed by atoms with van der Waals surface area (Å²) in [6.07, 6.45) is 1.62. The zero-order valence-electron chi connectivity index (χ0n) is 12.8. The van der Waals surface area contributed by atoms with Crippen molar-refractivity contribution in [1.82, 2.24) is 15.0 Å². The molecule has 0 saturated heterocycles. The van der Waals surface area contributed by atoms with Crippen LogP contribution in [0.4, 0.5) is 11.6 Å². The number of halogens is 3. The molecule has 2 aromatic carbocycles. The van der Waals surface area contributed by atoms with Crippen LogP contribution in [0, 0.1) is 0 Å². The van der Waals surface area contributed by atoms with Gasteiger partial charge >= 0.3 is 0 Å². The van der Waals surface area contributed by atoms with Gasteiger partial charge in [0.15, 0.2) is 0 Å². The average molecular weight is 396 g/mol. The monoisotopic (exact) mass is 394 g/mol. The zero-order chi connectivity index (χ0) is 18.2. The van der Waals surface area contributed by atoms with Crippen LogP contribution in [0.3, 0.4) is 0 Å². The van der Waals surface area contributed by atoms with Crippen molar-refractivity contribution in [3.63, 3.8) is 0 Å². The minimum Gasteiger partial charge on any atom is -0.507 e. The molecule has 8 heteroatoms. The number of hydrogen-bond donors (Lipinski definition) is 2. The lowest BCUT2D eigenvalue weighted by molar-refractivity contribution is 0.474. The average Bonchev–Trinajstić information content (AvgIpc) is 2.57. The van der Waals surface area contributed by atoms with Crippen molar-refractivity contribution in [2.75, 3.05) is 5.32 Å². The molecule has 1 aromatic heterocycles. The van der Waals surface area contributed by atoms with Crippen LogP contribution >= 0.6 is 34.8 Å². The Morgan fingerprint density at radius 3 is 2.04 bits per heavy atom. The maximum atomic E-state index is 9.04. The highest BCUT2D eigenvalue weighted by molar-refractivity contribution is 6.33. The number of benzene rings is 2. The lowest BCUT2D eigenvalue weighted by Crippen LogP contribution is -1.99. The SMILES string of the molecule is C=Cc1ccccc1O.Clc1nc(Cl)nc(Nc2ccccc2Cl)n1. The van der Waals surface area contributed by atoms with Crippen molar-refractivity contribution in [2.24, 2.45) is 0 Å². The first-order valence-corrected chi connectivity index (χ1v) is 8.12. The van der Waals surface area contributed by atoms with Crippen molar-refractivity contribution in [1.29, 1.82) is 0 Å². The summed E-state index contributed by atoms with van der Waals surface area (Å²) in [5.41, 5.74) is 1.44. The number of aromatic nitrogens is 3. The van der Waals surface area contributed by atoms with Gasteiger partial charge < -0.3 is 10.4 Å². The molecule has 0 aliphatic rings. The highest BCUT2D eigenvalue weighted by atomic mass is 35.5. The first-order chi connectivity index (χ1) is 12.0. The van der Waals surface area contributed by atoms with Crippen LogP contribution in [-0.2, 0) is 0 Å². The van der Waals surface area contributed by atoms with Crippen LogP contribution < -0.4 is 5.32 Å². The lowest BCUT2D eigenvalue weighted by atomic mass is 10.2. The van der Waals surface area contributed by atoms with Crippen molar-refractivity contribution < 1.29 is 5.11 Å². The maximum absolute atomic E-state index is 9.04. The molecule has 128 valence electrons. The largest absolute Gasteiger partial charge is 0.507 e. The number of phenolic OH excluding ortho intramolecular Hbond substituents is 1. The molecule has 1 heterocycles. The number of nitrogens with one attached hydrogen (secondary N) is 1. The van der Waals surface area contributed by atoms with E-state index in [1.54, 1.807) is 30.3 Å². The van der Waals surface area contributed by atoms with Crippen LogP contribution in [0.1, 0.15) is 5.56 Å². The minimum atomic E-state index is 0.0227. The molecule has 0 radical (unpaired) electrons. The van der Waals surface area contributed by atoms with E-state index in [9.17, 15) is 0 Å². The van der Waals surface area contributed by atoms with Crippen LogP contribution in [0.25, 0.3) is 6.08 Å². The quantitative estimate of drug-likeness (QED) is 0.603. The van der Waals surface area contributed by atoms with Gasteiger partial charge in [0.1, 0.15) is 5.75 Å². The fraction of sp³-hybridized carbons (Fsp3) is 0. The topological polar surface area (TPSA) is 70.9 Å². The van der Waals surface area contributed by atoms with Gasteiger partial charge in [-0.05, 0) is 41.4 Å². The number of para-hydroxylation sites is 2. The Morgan fingerprint density at radius 1 is 0.880 bits per heavy atom. The summed E-state index contributed by atoms with van der Waals surface area (Å²) in [4.78, 5) is 11.4. The third-order valence-corrected chi connectivity index (χ3v) is 3.53. The predicted molar refractivity (Wildman–Crippen MR) is 103 cm³/mol. The van der Waals surface area contributed by atoms with Crippen LogP contribution in [-0.4, -0.2) is 20.1 Å². The summed E-state index contributed by atoms with van der Waals surface area (Å²) in [5, 5.41) is 12.5. The second kappa shape index (κ2) is 9.22. The van der Waals surface area contributed by atoms with Crippen molar-refractivity contribution >= 4 is 52.5 Å². The van der Waals surface area contributed by atoms with Gasteiger partial charge in [-0.1, -0.05) is 54.6 Å². The van der Waals surface area contributed by atoms with Gasteiger partial charge in [-0.2, -0.15) is 15.0 Å². The highest BCUT2D eigenvalue weighted by Crippen LogP contribution is 2.23. The Morgan fingerprint density at radius 2 is 1.48 bits per heavy atom. The van der Waals surface area contributed by atoms with Gasteiger partial charge in [0, 0.05) is 5.56 Å². The van der Waals surface area contributed by atoms with Gasteiger partial charge in [-0.15, -0.1) is 0 Å². The smallest absolute Gasteiger partial charge is 0.232 e. The Bertz CT molecular complexity index is 854. The molecule has 3 aromatic rings. The number of rotatable bonds is 3. The molecule has 0 atom stereocenters. The molecule has 25 heavy (non-hydrogen) atoms. The molecule has 0 bridgehead atoms. The second-order valence-electron chi connectivity index (χ2n) is 4.56. The Kier molecular flexibility index (Phi) is 7.01. The maximum Gasteiger partial charge on any atom is 0.232 e. The van der Waals surface area contributed by atoms with E-state index in [1.165, 1.54) is 0 Å². The summed E-state index contributed by atoms with van der Waals surface area (Å²) in [6.45, 7) is 3.53. The van der Waals surface area contributed by atoms with Crippen molar-refractivity contribution in [2.45, 2.75) is 0 Å². The molecule has 2 N–H and O–H groups in total. The lowest BCUT2D eigenvalue weighted by Gasteiger charge is -2.06. The third kappa shape index (κ3) is 5.90. The molecule has 0 unspecified atom stereocenters. The summed E-state index contributed by atoms with van der Waals surface area (Å²) in [7, 11) is 0. The van der Waals surface area contributed by atoms with E-state index in [1.807, 2.05) is 24.3 Å². The number of hydrogen-bond acceptors (Lipinski definition) is 5. The van der Waals surface area contributed by atoms with E-state index in [2.05, 4.69) is 26.8 Å². The van der Waals surface area contributed by atoms with Crippen molar-refractivity contribution in [3.8, 4) is 5.75 Å². The molecule has 0 aliphatic carbocycles. The Hall–Kier alpha value is -2.34. The van der Waals surface area contributed by atoms with Gasteiger partial charge in [0.05, 0.1) is 10.7 Å². The summed E-state index contributed by atoms with van der Waals surface area (Å²) in [6, 6.07) is 14.3. The Balaban J connectivity index is 0.000000212. The molecule has 0 aliphatic heterocycles. The number of phenols is 1. The Labute approximate surface area is 160 Å². The van der Waals surface area contributed by atoms with Gasteiger partial charge in [-0.25, -0.2) is 0 Å². The first-order valence-electron chi connectivity index (χ1n) is 6.98. The van der Waals surface area contributed by atoms with Gasteiger partial charge in [-0.3, -0.25) is 0 Å². The number of nitrogens with zero attached hydrogens (tertiary/aromatic N) is 3. The molecule has 0 saturated carbocycles. The summed E-state index contributed by atoms with van der Waals surface area (Å²) >= 11 is 17.2. The normalized spacial score (nSPS) is 9.72. The fourth-order valence-corrected chi connectivity index (χ4v) is 2.27.